The predicted molar refractivity (Wildman–Crippen MR) is 79.5 cm³/mol. The topological polar surface area (TPSA) is 89.8 Å². The van der Waals surface area contributed by atoms with Crippen LogP contribution in [0, 0.1) is 11.6 Å². The van der Waals surface area contributed by atoms with E-state index >= 15 is 0 Å². The Bertz CT molecular complexity index is 960. The summed E-state index contributed by atoms with van der Waals surface area (Å²) in [4.78, 5) is 3.12. The summed E-state index contributed by atoms with van der Waals surface area (Å²) in [5.74, 6) is -1.88. The first-order valence-corrected chi connectivity index (χ1v) is 8.20. The summed E-state index contributed by atoms with van der Waals surface area (Å²) in [5.41, 5.74) is 1.01. The zero-order valence-corrected chi connectivity index (χ0v) is 12.9. The largest absolute Gasteiger partial charge is 0.265 e. The van der Waals surface area contributed by atoms with E-state index in [0.29, 0.717) is 17.4 Å². The van der Waals surface area contributed by atoms with Crippen LogP contribution in [0.4, 0.5) is 8.78 Å². The van der Waals surface area contributed by atoms with Crippen LogP contribution in [-0.2, 0) is 16.6 Å². The molecular weight excluding hydrogens is 340 g/mol. The van der Waals surface area contributed by atoms with Gasteiger partial charge in [0.15, 0.2) is 0 Å². The molecule has 0 amide bonds. The van der Waals surface area contributed by atoms with E-state index in [1.165, 1.54) is 10.9 Å². The van der Waals surface area contributed by atoms with E-state index in [9.17, 15) is 17.2 Å². The summed E-state index contributed by atoms with van der Waals surface area (Å²) in [7, 11) is -4.22. The number of nitrogens with one attached hydrogen (secondary N) is 1. The van der Waals surface area contributed by atoms with Gasteiger partial charge in [0, 0.05) is 12.4 Å². The molecule has 2 aromatic heterocycles. The molecule has 0 fully saturated rings. The first kappa shape index (κ1) is 16.1. The number of hydrogen-bond acceptors (Lipinski definition) is 5. The number of nitrogens with zero attached hydrogens (tertiary/aromatic N) is 4. The van der Waals surface area contributed by atoms with Gasteiger partial charge >= 0.3 is 0 Å². The number of hydrogen-bond donors (Lipinski definition) is 1. The molecule has 1 aromatic carbocycles. The lowest BCUT2D eigenvalue weighted by molar-refractivity contribution is 0.545. The quantitative estimate of drug-likeness (QED) is 0.751. The molecule has 0 atom stereocenters. The third-order valence-electron chi connectivity index (χ3n) is 3.09. The van der Waals surface area contributed by atoms with E-state index in [-0.39, 0.29) is 6.54 Å². The Kier molecular flexibility index (Phi) is 4.32. The highest BCUT2D eigenvalue weighted by Crippen LogP contribution is 2.16. The van der Waals surface area contributed by atoms with Crippen molar-refractivity contribution >= 4 is 10.0 Å². The van der Waals surface area contributed by atoms with E-state index in [0.717, 1.165) is 12.1 Å². The summed E-state index contributed by atoms with van der Waals surface area (Å²) < 4.78 is 54.5. The smallest absolute Gasteiger partial charge is 0.243 e. The zero-order chi connectivity index (χ0) is 17.2. The van der Waals surface area contributed by atoms with Gasteiger partial charge in [-0.15, -0.1) is 5.10 Å². The number of rotatable bonds is 5. The van der Waals surface area contributed by atoms with Crippen LogP contribution < -0.4 is 4.72 Å². The van der Waals surface area contributed by atoms with Crippen molar-refractivity contribution in [2.75, 3.05) is 0 Å². The van der Waals surface area contributed by atoms with Gasteiger partial charge in [-0.3, -0.25) is 4.98 Å². The van der Waals surface area contributed by atoms with Crippen molar-refractivity contribution in [1.82, 2.24) is 24.7 Å². The third-order valence-corrected chi connectivity index (χ3v) is 4.51. The van der Waals surface area contributed by atoms with E-state index in [1.807, 2.05) is 0 Å². The Morgan fingerprint density at radius 1 is 1.12 bits per heavy atom. The molecule has 1 N–H and O–H groups in total. The van der Waals surface area contributed by atoms with Crippen LogP contribution in [0.25, 0.3) is 5.69 Å². The second-order valence-corrected chi connectivity index (χ2v) is 6.49. The molecule has 0 aliphatic carbocycles. The molecule has 0 aliphatic heterocycles. The fourth-order valence-electron chi connectivity index (χ4n) is 1.93. The Balaban J connectivity index is 1.76. The van der Waals surface area contributed by atoms with Gasteiger partial charge in [-0.05, 0) is 30.3 Å². The minimum Gasteiger partial charge on any atom is -0.265 e. The Hall–Kier alpha value is -2.72. The molecule has 3 rings (SSSR count). The van der Waals surface area contributed by atoms with Crippen molar-refractivity contribution in [1.29, 1.82) is 0 Å². The van der Waals surface area contributed by atoms with Crippen LogP contribution in [0.2, 0.25) is 0 Å². The van der Waals surface area contributed by atoms with E-state index in [1.54, 1.807) is 24.5 Å². The van der Waals surface area contributed by atoms with E-state index < -0.39 is 26.6 Å². The Morgan fingerprint density at radius 2 is 1.88 bits per heavy atom. The molecule has 0 radical (unpaired) electrons. The van der Waals surface area contributed by atoms with Gasteiger partial charge in [0.1, 0.15) is 16.5 Å². The molecule has 0 saturated carbocycles. The van der Waals surface area contributed by atoms with Crippen LogP contribution in [0.5, 0.6) is 0 Å². The molecule has 124 valence electrons. The molecule has 10 heteroatoms. The number of sulfonamides is 1. The van der Waals surface area contributed by atoms with Gasteiger partial charge in [-0.2, -0.15) is 0 Å². The van der Waals surface area contributed by atoms with Crippen molar-refractivity contribution in [3.63, 3.8) is 0 Å². The van der Waals surface area contributed by atoms with Gasteiger partial charge in [-0.25, -0.2) is 26.6 Å². The molecule has 0 unspecified atom stereocenters. The van der Waals surface area contributed by atoms with Crippen LogP contribution in [-0.4, -0.2) is 28.4 Å². The summed E-state index contributed by atoms with van der Waals surface area (Å²) in [6.45, 7) is -0.219. The third kappa shape index (κ3) is 3.44. The Morgan fingerprint density at radius 3 is 2.62 bits per heavy atom. The summed E-state index contributed by atoms with van der Waals surface area (Å²) >= 11 is 0. The minimum atomic E-state index is -4.22. The van der Waals surface area contributed by atoms with Gasteiger partial charge < -0.3 is 0 Å². The highest BCUT2D eigenvalue weighted by atomic mass is 32.2. The first-order chi connectivity index (χ1) is 11.5. The standard InChI is InChI=1S/C14H11F2N5O2S/c15-10-1-2-13(16)14(7-10)24(22,23)18-8-11-9-21(20-19-11)12-3-5-17-6-4-12/h1-7,9,18H,8H2. The van der Waals surface area contributed by atoms with Crippen LogP contribution >= 0.6 is 0 Å². The fraction of sp³-hybridized carbons (Fsp3) is 0.0714. The number of benzene rings is 1. The summed E-state index contributed by atoms with van der Waals surface area (Å²) in [6.07, 6.45) is 4.66. The van der Waals surface area contributed by atoms with Gasteiger partial charge in [0.05, 0.1) is 24.1 Å². The minimum absolute atomic E-state index is 0.219. The molecule has 0 bridgehead atoms. The number of halogens is 2. The average molecular weight is 351 g/mol. The first-order valence-electron chi connectivity index (χ1n) is 6.72. The average Bonchev–Trinajstić information content (AvgIpc) is 3.05. The molecule has 0 aliphatic rings. The normalized spacial score (nSPS) is 11.6. The second-order valence-electron chi connectivity index (χ2n) is 4.76. The van der Waals surface area contributed by atoms with E-state index in [2.05, 4.69) is 20.0 Å². The maximum absolute atomic E-state index is 13.6. The highest BCUT2D eigenvalue weighted by molar-refractivity contribution is 7.89. The number of pyridine rings is 1. The van der Waals surface area contributed by atoms with Crippen molar-refractivity contribution in [2.24, 2.45) is 0 Å². The van der Waals surface area contributed by atoms with Crippen molar-refractivity contribution in [2.45, 2.75) is 11.4 Å². The van der Waals surface area contributed by atoms with Crippen LogP contribution in [0.1, 0.15) is 5.69 Å². The SMILES string of the molecule is O=S(=O)(NCc1cn(-c2ccncc2)nn1)c1cc(F)ccc1F. The molecule has 24 heavy (non-hydrogen) atoms. The highest BCUT2D eigenvalue weighted by Gasteiger charge is 2.20. The van der Waals surface area contributed by atoms with E-state index in [4.69, 9.17) is 0 Å². The summed E-state index contributed by atoms with van der Waals surface area (Å²) in [5, 5.41) is 7.69. The lowest BCUT2D eigenvalue weighted by atomic mass is 10.3. The van der Waals surface area contributed by atoms with Gasteiger partial charge in [-0.1, -0.05) is 5.21 Å². The Labute approximate surface area is 136 Å². The van der Waals surface area contributed by atoms with Gasteiger partial charge in [0.25, 0.3) is 0 Å². The van der Waals surface area contributed by atoms with Crippen LogP contribution in [0.3, 0.4) is 0 Å². The molecule has 2 heterocycles. The fourth-order valence-corrected chi connectivity index (χ4v) is 3.02. The molecule has 0 saturated heterocycles. The maximum atomic E-state index is 13.6. The van der Waals surface area contributed by atoms with Crippen molar-refractivity contribution < 1.29 is 17.2 Å². The van der Waals surface area contributed by atoms with Gasteiger partial charge in [0.2, 0.25) is 10.0 Å². The van der Waals surface area contributed by atoms with Crippen molar-refractivity contribution in [3.8, 4) is 5.69 Å². The lowest BCUT2D eigenvalue weighted by Gasteiger charge is -2.06. The second kappa shape index (κ2) is 6.42. The summed E-state index contributed by atoms with van der Waals surface area (Å²) in [6, 6.07) is 5.61. The molecule has 0 spiro atoms. The molecular formula is C14H11F2N5O2S. The molecule has 7 nitrogen and oxygen atoms in total. The zero-order valence-electron chi connectivity index (χ0n) is 12.1. The monoisotopic (exact) mass is 351 g/mol. The maximum Gasteiger partial charge on any atom is 0.243 e. The lowest BCUT2D eigenvalue weighted by Crippen LogP contribution is -2.24. The van der Waals surface area contributed by atoms with Crippen molar-refractivity contribution in [3.05, 3.63) is 66.3 Å². The predicted octanol–water partition coefficient (Wildman–Crippen LogP) is 1.42. The van der Waals surface area contributed by atoms with Crippen LogP contribution in [0.15, 0.2) is 53.8 Å². The molecule has 3 aromatic rings. The number of aromatic nitrogens is 4.